The number of rotatable bonds is 7. The van der Waals surface area contributed by atoms with Crippen LogP contribution in [-0.4, -0.2) is 25.7 Å². The Morgan fingerprint density at radius 1 is 1.08 bits per heavy atom. The molecule has 0 bridgehead atoms. The van der Waals surface area contributed by atoms with Crippen molar-refractivity contribution in [1.82, 2.24) is 5.32 Å². The van der Waals surface area contributed by atoms with E-state index in [0.717, 1.165) is 36.4 Å². The molecule has 132 valence electrons. The highest BCUT2D eigenvalue weighted by Crippen LogP contribution is 2.15. The van der Waals surface area contributed by atoms with Gasteiger partial charge in [0.1, 0.15) is 11.9 Å². The molecule has 1 saturated heterocycles. The Kier molecular flexibility index (Phi) is 5.90. The second-order valence-electron chi connectivity index (χ2n) is 6.12. The number of anilines is 1. The molecule has 0 aliphatic carbocycles. The zero-order valence-corrected chi connectivity index (χ0v) is 14.5. The number of methoxy groups -OCH3 is 1. The van der Waals surface area contributed by atoms with Gasteiger partial charge in [-0.05, 0) is 48.2 Å². The van der Waals surface area contributed by atoms with Gasteiger partial charge >= 0.3 is 0 Å². The average molecular weight is 340 g/mol. The second kappa shape index (κ2) is 8.53. The fourth-order valence-corrected chi connectivity index (χ4v) is 2.78. The Balaban J connectivity index is 1.45. The summed E-state index contributed by atoms with van der Waals surface area (Å²) in [5.74, 6) is 0.845. The quantitative estimate of drug-likeness (QED) is 0.813. The maximum Gasteiger partial charge on any atom is 0.249 e. The van der Waals surface area contributed by atoms with Crippen LogP contribution in [-0.2, 0) is 22.6 Å². The van der Waals surface area contributed by atoms with Crippen molar-refractivity contribution in [2.24, 2.45) is 0 Å². The Labute approximate surface area is 148 Å². The highest BCUT2D eigenvalue weighted by Gasteiger charge is 2.22. The predicted molar refractivity (Wildman–Crippen MR) is 97.6 cm³/mol. The van der Waals surface area contributed by atoms with Gasteiger partial charge in [-0.15, -0.1) is 0 Å². The Morgan fingerprint density at radius 2 is 1.76 bits per heavy atom. The highest BCUT2D eigenvalue weighted by atomic mass is 16.5. The summed E-state index contributed by atoms with van der Waals surface area (Å²) in [7, 11) is 1.66. The van der Waals surface area contributed by atoms with Gasteiger partial charge in [0.2, 0.25) is 5.91 Å². The summed E-state index contributed by atoms with van der Waals surface area (Å²) in [5.41, 5.74) is 3.31. The van der Waals surface area contributed by atoms with E-state index in [4.69, 9.17) is 9.47 Å². The van der Waals surface area contributed by atoms with Crippen LogP contribution in [0.3, 0.4) is 0 Å². The minimum atomic E-state index is -0.273. The molecule has 0 unspecified atom stereocenters. The Hall–Kier alpha value is -2.53. The van der Waals surface area contributed by atoms with Crippen LogP contribution in [0.15, 0.2) is 48.5 Å². The van der Waals surface area contributed by atoms with Crippen molar-refractivity contribution in [2.45, 2.75) is 32.0 Å². The maximum atomic E-state index is 11.9. The lowest BCUT2D eigenvalue weighted by molar-refractivity contribution is -0.130. The van der Waals surface area contributed by atoms with Crippen molar-refractivity contribution in [3.8, 4) is 5.75 Å². The van der Waals surface area contributed by atoms with Gasteiger partial charge in [-0.3, -0.25) is 4.79 Å². The summed E-state index contributed by atoms with van der Waals surface area (Å²) < 4.78 is 10.5. The third-order valence-electron chi connectivity index (χ3n) is 4.30. The van der Waals surface area contributed by atoms with Crippen LogP contribution in [0.25, 0.3) is 0 Å². The van der Waals surface area contributed by atoms with Gasteiger partial charge in [0.15, 0.2) is 0 Å². The molecule has 2 aromatic carbocycles. The van der Waals surface area contributed by atoms with Gasteiger partial charge in [0.25, 0.3) is 0 Å². The van der Waals surface area contributed by atoms with Crippen molar-refractivity contribution in [1.29, 1.82) is 0 Å². The van der Waals surface area contributed by atoms with E-state index in [0.29, 0.717) is 13.2 Å². The number of hydrogen-bond acceptors (Lipinski definition) is 4. The molecule has 2 N–H and O–H groups in total. The Bertz CT molecular complexity index is 677. The summed E-state index contributed by atoms with van der Waals surface area (Å²) in [4.78, 5) is 11.9. The number of carbonyl (C=O) groups excluding carboxylic acids is 1. The van der Waals surface area contributed by atoms with Gasteiger partial charge in [0, 0.05) is 25.4 Å². The van der Waals surface area contributed by atoms with Gasteiger partial charge < -0.3 is 20.1 Å². The van der Waals surface area contributed by atoms with E-state index >= 15 is 0 Å². The molecule has 25 heavy (non-hydrogen) atoms. The van der Waals surface area contributed by atoms with Crippen molar-refractivity contribution in [3.63, 3.8) is 0 Å². The fourth-order valence-electron chi connectivity index (χ4n) is 2.78. The molecule has 5 nitrogen and oxygen atoms in total. The lowest BCUT2D eigenvalue weighted by Crippen LogP contribution is -2.33. The molecule has 0 spiro atoms. The Morgan fingerprint density at radius 3 is 2.40 bits per heavy atom. The third kappa shape index (κ3) is 4.97. The third-order valence-corrected chi connectivity index (χ3v) is 4.30. The van der Waals surface area contributed by atoms with Crippen molar-refractivity contribution in [3.05, 3.63) is 59.7 Å². The van der Waals surface area contributed by atoms with Crippen molar-refractivity contribution in [2.75, 3.05) is 19.0 Å². The zero-order valence-electron chi connectivity index (χ0n) is 14.5. The maximum absolute atomic E-state index is 11.9. The topological polar surface area (TPSA) is 59.6 Å². The smallest absolute Gasteiger partial charge is 0.249 e. The first kappa shape index (κ1) is 17.3. The molecular formula is C20H24N2O3. The van der Waals surface area contributed by atoms with E-state index in [9.17, 15) is 4.79 Å². The molecule has 1 aliphatic rings. The number of hydrogen-bond donors (Lipinski definition) is 2. The molecule has 3 rings (SSSR count). The first-order chi connectivity index (χ1) is 12.2. The molecule has 5 heteroatoms. The SMILES string of the molecule is COc1ccc(CNc2ccc(CNC(=O)[C@H]3CCCO3)cc2)cc1. The van der Waals surface area contributed by atoms with Crippen LogP contribution in [0, 0.1) is 0 Å². The summed E-state index contributed by atoms with van der Waals surface area (Å²) in [6, 6.07) is 16.1. The van der Waals surface area contributed by atoms with E-state index in [1.165, 1.54) is 5.56 Å². The molecule has 0 aromatic heterocycles. The lowest BCUT2D eigenvalue weighted by atomic mass is 10.1. The second-order valence-corrected chi connectivity index (χ2v) is 6.12. The molecule has 1 heterocycles. The largest absolute Gasteiger partial charge is 0.497 e. The summed E-state index contributed by atoms with van der Waals surface area (Å²) in [5, 5.41) is 6.32. The standard InChI is InChI=1S/C20H24N2O3/c1-24-18-10-6-16(7-11-18)13-21-17-8-4-15(5-9-17)14-22-20(23)19-3-2-12-25-19/h4-11,19,21H,2-3,12-14H2,1H3,(H,22,23)/t19-/m1/s1. The lowest BCUT2D eigenvalue weighted by Gasteiger charge is -2.11. The first-order valence-electron chi connectivity index (χ1n) is 8.59. The van der Waals surface area contributed by atoms with E-state index in [2.05, 4.69) is 10.6 Å². The molecule has 0 radical (unpaired) electrons. The molecule has 1 aliphatic heterocycles. The van der Waals surface area contributed by atoms with Gasteiger partial charge in [-0.25, -0.2) is 0 Å². The number of nitrogens with one attached hydrogen (secondary N) is 2. The van der Waals surface area contributed by atoms with Crippen LogP contribution in [0.2, 0.25) is 0 Å². The minimum absolute atomic E-state index is 0.0146. The van der Waals surface area contributed by atoms with Crippen molar-refractivity contribution < 1.29 is 14.3 Å². The summed E-state index contributed by atoms with van der Waals surface area (Å²) >= 11 is 0. The van der Waals surface area contributed by atoms with E-state index in [1.807, 2.05) is 48.5 Å². The summed E-state index contributed by atoms with van der Waals surface area (Å²) in [6.45, 7) is 1.96. The van der Waals surface area contributed by atoms with Crippen LogP contribution in [0.1, 0.15) is 24.0 Å². The normalized spacial score (nSPS) is 16.4. The average Bonchev–Trinajstić information content (AvgIpc) is 3.20. The fraction of sp³-hybridized carbons (Fsp3) is 0.350. The van der Waals surface area contributed by atoms with Gasteiger partial charge in [0.05, 0.1) is 7.11 Å². The van der Waals surface area contributed by atoms with Gasteiger partial charge in [-0.1, -0.05) is 24.3 Å². The first-order valence-corrected chi connectivity index (χ1v) is 8.59. The monoisotopic (exact) mass is 340 g/mol. The molecule has 2 aromatic rings. The van der Waals surface area contributed by atoms with Gasteiger partial charge in [-0.2, -0.15) is 0 Å². The molecule has 1 atom stereocenters. The number of carbonyl (C=O) groups is 1. The van der Waals surface area contributed by atoms with E-state index in [-0.39, 0.29) is 12.0 Å². The number of amides is 1. The predicted octanol–water partition coefficient (Wildman–Crippen LogP) is 3.10. The highest BCUT2D eigenvalue weighted by molar-refractivity contribution is 5.80. The van der Waals surface area contributed by atoms with Crippen LogP contribution >= 0.6 is 0 Å². The molecular weight excluding hydrogens is 316 g/mol. The number of ether oxygens (including phenoxy) is 2. The molecule has 1 amide bonds. The number of benzene rings is 2. The molecule has 1 fully saturated rings. The van der Waals surface area contributed by atoms with Crippen molar-refractivity contribution >= 4 is 11.6 Å². The van der Waals surface area contributed by atoms with Crippen LogP contribution < -0.4 is 15.4 Å². The minimum Gasteiger partial charge on any atom is -0.497 e. The zero-order chi connectivity index (χ0) is 17.5. The summed E-state index contributed by atoms with van der Waals surface area (Å²) in [6.07, 6.45) is 1.51. The van der Waals surface area contributed by atoms with Crippen LogP contribution in [0.4, 0.5) is 5.69 Å². The molecule has 0 saturated carbocycles. The van der Waals surface area contributed by atoms with E-state index in [1.54, 1.807) is 7.11 Å². The van der Waals surface area contributed by atoms with Crippen LogP contribution in [0.5, 0.6) is 5.75 Å². The van der Waals surface area contributed by atoms with E-state index < -0.39 is 0 Å².